The Bertz CT molecular complexity index is 1340. The summed E-state index contributed by atoms with van der Waals surface area (Å²) in [6, 6.07) is 14.9. The van der Waals surface area contributed by atoms with Crippen molar-refractivity contribution in [3.8, 4) is 17.6 Å². The van der Waals surface area contributed by atoms with Crippen LogP contribution < -0.4 is 26.1 Å². The Balaban J connectivity index is 1.36. The van der Waals surface area contributed by atoms with E-state index in [2.05, 4.69) is 24.1 Å². The molecule has 12 heteroatoms. The largest absolute Gasteiger partial charge is 0.490 e. The molecule has 0 spiro atoms. The summed E-state index contributed by atoms with van der Waals surface area (Å²) in [5.41, 5.74) is 3.29. The summed E-state index contributed by atoms with van der Waals surface area (Å²) in [5.74, 6) is 1.67. The second kappa shape index (κ2) is 10.7. The highest BCUT2D eigenvalue weighted by Gasteiger charge is 2.32. The van der Waals surface area contributed by atoms with E-state index in [0.717, 1.165) is 23.1 Å². The molecule has 198 valence electrons. The quantitative estimate of drug-likeness (QED) is 0.0771. The topological polar surface area (TPSA) is 183 Å². The third kappa shape index (κ3) is 5.81. The van der Waals surface area contributed by atoms with Crippen molar-refractivity contribution in [2.75, 3.05) is 0 Å². The highest BCUT2D eigenvalue weighted by Crippen LogP contribution is 2.35. The van der Waals surface area contributed by atoms with Gasteiger partial charge >= 0.3 is 18.1 Å². The molecule has 2 amide bonds. The van der Waals surface area contributed by atoms with E-state index in [1.807, 2.05) is 36.4 Å². The molecular formula is C26H26N4O8. The van der Waals surface area contributed by atoms with Crippen LogP contribution in [0, 0.1) is 0 Å². The van der Waals surface area contributed by atoms with E-state index in [9.17, 15) is 19.2 Å². The Morgan fingerprint density at radius 3 is 2.13 bits per heavy atom. The van der Waals surface area contributed by atoms with Crippen molar-refractivity contribution in [2.45, 2.75) is 44.2 Å². The van der Waals surface area contributed by atoms with Gasteiger partial charge in [-0.1, -0.05) is 38.1 Å². The van der Waals surface area contributed by atoms with Gasteiger partial charge in [0.1, 0.15) is 17.6 Å². The number of nitrogens with one attached hydrogen (secondary N) is 2. The second-order valence-corrected chi connectivity index (χ2v) is 9.26. The number of benzene rings is 2. The number of ether oxygens (including phenoxy) is 2. The second-order valence-electron chi connectivity index (χ2n) is 9.26. The van der Waals surface area contributed by atoms with Gasteiger partial charge in [0.05, 0.1) is 6.20 Å². The molecule has 1 aliphatic carbocycles. The molecule has 1 aromatic heterocycles. The van der Waals surface area contributed by atoms with E-state index in [1.54, 1.807) is 17.6 Å². The van der Waals surface area contributed by atoms with E-state index in [1.165, 1.54) is 0 Å². The molecule has 38 heavy (non-hydrogen) atoms. The van der Waals surface area contributed by atoms with Gasteiger partial charge in [0.15, 0.2) is 0 Å². The number of amides is 2. The fourth-order valence-electron chi connectivity index (χ4n) is 3.99. The van der Waals surface area contributed by atoms with Gasteiger partial charge in [0.2, 0.25) is 5.76 Å². The molecule has 1 aliphatic rings. The van der Waals surface area contributed by atoms with Crippen LogP contribution in [0.25, 0.3) is 0 Å². The van der Waals surface area contributed by atoms with Crippen LogP contribution in [-0.4, -0.2) is 45.8 Å². The normalized spacial score (nSPS) is 16.6. The van der Waals surface area contributed by atoms with E-state index < -0.39 is 29.3 Å². The number of rotatable bonds is 10. The molecule has 0 unspecified atom stereocenters. The Labute approximate surface area is 217 Å². The maximum Gasteiger partial charge on any atom is 0.404 e. The lowest BCUT2D eigenvalue weighted by Gasteiger charge is -2.35. The molecule has 0 aliphatic heterocycles. The number of Topliss-reactive ketones (excluding diaryl/α,β-unsaturated/α-hetero) is 2. The number of hydrogen-bond acceptors (Lipinski definition) is 9. The lowest BCUT2D eigenvalue weighted by molar-refractivity contribution is -0.135. The maximum atomic E-state index is 12.0. The van der Waals surface area contributed by atoms with Crippen molar-refractivity contribution in [1.29, 1.82) is 0 Å². The van der Waals surface area contributed by atoms with Crippen molar-refractivity contribution >= 4 is 23.6 Å². The summed E-state index contributed by atoms with van der Waals surface area (Å²) >= 11 is 0. The zero-order valence-electron chi connectivity index (χ0n) is 20.6. The van der Waals surface area contributed by atoms with Crippen LogP contribution in [0.1, 0.15) is 48.4 Å². The van der Waals surface area contributed by atoms with Gasteiger partial charge in [-0.15, -0.1) is 0 Å². The minimum atomic E-state index is -1.38. The van der Waals surface area contributed by atoms with E-state index >= 15 is 0 Å². The van der Waals surface area contributed by atoms with Gasteiger partial charge in [0.25, 0.3) is 11.6 Å². The molecule has 3 aromatic rings. The highest BCUT2D eigenvalue weighted by atomic mass is 16.6. The fraction of sp³-hybridized carbons (Fsp3) is 0.269. The fourth-order valence-corrected chi connectivity index (χ4v) is 3.99. The third-order valence-corrected chi connectivity index (χ3v) is 6.33. The number of carbonyl (C=O) groups excluding carboxylic acids is 3. The average molecular weight is 523 g/mol. The SMILES string of the molecule is CC(C)(c1ccc(Oc2ncc(C(=O)C(=O)C(=O)NN)o2)cc1)c1ccc(OC2CC(NC(=O)O)C2)cc1. The van der Waals surface area contributed by atoms with Gasteiger partial charge < -0.3 is 24.3 Å². The lowest BCUT2D eigenvalue weighted by atomic mass is 9.78. The molecule has 1 saturated carbocycles. The predicted molar refractivity (Wildman–Crippen MR) is 132 cm³/mol. The number of carboxylic acid groups (broad SMARTS) is 1. The molecule has 0 radical (unpaired) electrons. The summed E-state index contributed by atoms with van der Waals surface area (Å²) in [6.07, 6.45) is 0.966. The first-order valence-electron chi connectivity index (χ1n) is 11.7. The highest BCUT2D eigenvalue weighted by molar-refractivity contribution is 6.66. The number of aromatic nitrogens is 1. The number of oxazole rings is 1. The number of hydrogen-bond donors (Lipinski definition) is 4. The molecule has 12 nitrogen and oxygen atoms in total. The first-order chi connectivity index (χ1) is 18.1. The van der Waals surface area contributed by atoms with E-state index in [0.29, 0.717) is 18.6 Å². The Hall–Kier alpha value is -4.71. The molecule has 0 saturated heterocycles. The molecule has 0 atom stereocenters. The maximum absolute atomic E-state index is 12.0. The Morgan fingerprint density at radius 1 is 1.00 bits per heavy atom. The third-order valence-electron chi connectivity index (χ3n) is 6.33. The monoisotopic (exact) mass is 522 g/mol. The van der Waals surface area contributed by atoms with Crippen LogP contribution in [0.4, 0.5) is 4.79 Å². The van der Waals surface area contributed by atoms with Crippen LogP contribution in [0.5, 0.6) is 17.6 Å². The van der Waals surface area contributed by atoms with Crippen LogP contribution >= 0.6 is 0 Å². The number of ketones is 2. The van der Waals surface area contributed by atoms with Gasteiger partial charge in [-0.05, 0) is 35.4 Å². The lowest BCUT2D eigenvalue weighted by Crippen LogP contribution is -2.48. The van der Waals surface area contributed by atoms with Gasteiger partial charge in [-0.25, -0.2) is 10.6 Å². The molecule has 1 fully saturated rings. The summed E-state index contributed by atoms with van der Waals surface area (Å²) in [5, 5.41) is 11.2. The molecule has 1 heterocycles. The van der Waals surface area contributed by atoms with Crippen molar-refractivity contribution in [2.24, 2.45) is 5.84 Å². The minimum absolute atomic E-state index is 0.0120. The van der Waals surface area contributed by atoms with Crippen molar-refractivity contribution in [3.05, 3.63) is 71.6 Å². The molecule has 5 N–H and O–H groups in total. The van der Waals surface area contributed by atoms with Crippen LogP contribution in [0.2, 0.25) is 0 Å². The molecular weight excluding hydrogens is 496 g/mol. The van der Waals surface area contributed by atoms with E-state index in [-0.39, 0.29) is 23.6 Å². The van der Waals surface area contributed by atoms with Crippen LogP contribution in [0.3, 0.4) is 0 Å². The smallest absolute Gasteiger partial charge is 0.404 e. The summed E-state index contributed by atoms with van der Waals surface area (Å²) < 4.78 is 16.6. The zero-order chi connectivity index (χ0) is 27.4. The average Bonchev–Trinajstić information content (AvgIpc) is 3.35. The molecule has 4 rings (SSSR count). The number of nitrogens with zero attached hydrogens (tertiary/aromatic N) is 1. The molecule has 2 aromatic carbocycles. The number of hydrazine groups is 1. The van der Waals surface area contributed by atoms with Gasteiger partial charge in [-0.3, -0.25) is 19.8 Å². The summed E-state index contributed by atoms with van der Waals surface area (Å²) in [4.78, 5) is 49.3. The predicted octanol–water partition coefficient (Wildman–Crippen LogP) is 2.71. The van der Waals surface area contributed by atoms with E-state index in [4.69, 9.17) is 24.8 Å². The van der Waals surface area contributed by atoms with Crippen molar-refractivity contribution in [3.63, 3.8) is 0 Å². The number of nitrogens with two attached hydrogens (primary N) is 1. The van der Waals surface area contributed by atoms with Crippen LogP contribution in [0.15, 0.2) is 59.1 Å². The first kappa shape index (κ1) is 26.4. The van der Waals surface area contributed by atoms with Crippen molar-refractivity contribution < 1.29 is 38.2 Å². The Kier molecular flexibility index (Phi) is 7.44. The first-order valence-corrected chi connectivity index (χ1v) is 11.7. The van der Waals surface area contributed by atoms with Crippen molar-refractivity contribution in [1.82, 2.24) is 15.7 Å². The zero-order valence-corrected chi connectivity index (χ0v) is 20.6. The van der Waals surface area contributed by atoms with Crippen LogP contribution in [-0.2, 0) is 15.0 Å². The number of carbonyl (C=O) groups is 4. The standard InChI is InChI=1S/C26H26N4O8/c1-26(2,14-3-7-17(8-4-14)36-19-11-16(12-19)29-24(34)35)15-5-9-18(10-6-15)37-25-28-13-20(38-25)21(31)22(32)23(33)30-27/h3-10,13,16,19,29H,11-12,27H2,1-2H3,(H,30,33)(H,34,35). The molecule has 0 bridgehead atoms. The summed E-state index contributed by atoms with van der Waals surface area (Å²) in [7, 11) is 0. The van der Waals surface area contributed by atoms with Gasteiger partial charge in [-0.2, -0.15) is 4.98 Å². The van der Waals surface area contributed by atoms with Gasteiger partial charge in [0, 0.05) is 24.3 Å². The minimum Gasteiger partial charge on any atom is -0.490 e. The summed E-state index contributed by atoms with van der Waals surface area (Å²) in [6.45, 7) is 4.15. The Morgan fingerprint density at radius 2 is 1.58 bits per heavy atom.